The second kappa shape index (κ2) is 9.16. The molecule has 0 amide bonds. The van der Waals surface area contributed by atoms with Crippen LogP contribution >= 0.6 is 0 Å². The van der Waals surface area contributed by atoms with Gasteiger partial charge in [-0.3, -0.25) is 4.99 Å². The third-order valence-corrected chi connectivity index (χ3v) is 6.10. The number of nitrogens with one attached hydrogen (secondary N) is 3. The summed E-state index contributed by atoms with van der Waals surface area (Å²) in [4.78, 5) is 4.38. The number of aliphatic imine (C=N–C) groups is 1. The molecule has 0 aliphatic heterocycles. The van der Waals surface area contributed by atoms with Crippen molar-refractivity contribution in [3.63, 3.8) is 0 Å². The Morgan fingerprint density at radius 2 is 1.80 bits per heavy atom. The molecule has 8 nitrogen and oxygen atoms in total. The van der Waals surface area contributed by atoms with Crippen molar-refractivity contribution in [2.75, 3.05) is 32.1 Å². The van der Waals surface area contributed by atoms with Gasteiger partial charge in [0.05, 0.1) is 10.6 Å². The summed E-state index contributed by atoms with van der Waals surface area (Å²) in [5.41, 5.74) is 1.61. The van der Waals surface area contributed by atoms with E-state index in [9.17, 15) is 16.8 Å². The molecule has 0 heterocycles. The molecule has 0 aromatic heterocycles. The zero-order valence-electron chi connectivity index (χ0n) is 15.0. The molecule has 0 aliphatic carbocycles. The van der Waals surface area contributed by atoms with Crippen molar-refractivity contribution < 1.29 is 16.8 Å². The Labute approximate surface area is 150 Å². The molecule has 1 aromatic rings. The number of guanidine groups is 1. The summed E-state index contributed by atoms with van der Waals surface area (Å²) < 4.78 is 48.4. The maximum atomic E-state index is 11.6. The van der Waals surface area contributed by atoms with Crippen LogP contribution in [0.1, 0.15) is 18.1 Å². The van der Waals surface area contributed by atoms with E-state index in [0.717, 1.165) is 5.56 Å². The van der Waals surface area contributed by atoms with Crippen molar-refractivity contribution in [1.82, 2.24) is 15.4 Å². The Hall–Kier alpha value is -1.65. The largest absolute Gasteiger partial charge is 0.355 e. The molecule has 0 saturated carbocycles. The summed E-state index contributed by atoms with van der Waals surface area (Å²) in [6.45, 7) is 4.45. The third kappa shape index (κ3) is 7.41. The fraction of sp³-hybridized carbons (Fsp3) is 0.533. The molecule has 142 valence electrons. The highest BCUT2D eigenvalue weighted by molar-refractivity contribution is 7.90. The van der Waals surface area contributed by atoms with Crippen molar-refractivity contribution in [3.05, 3.63) is 29.3 Å². The van der Waals surface area contributed by atoms with E-state index in [1.165, 1.54) is 6.26 Å². The molecular weight excluding hydrogens is 364 g/mol. The van der Waals surface area contributed by atoms with Crippen molar-refractivity contribution in [1.29, 1.82) is 0 Å². The highest BCUT2D eigenvalue weighted by Crippen LogP contribution is 2.16. The SMILES string of the molecule is CCS(=O)(=O)NCCNC(=NC)NCc1ccc(S(C)(=O)=O)c(C)c1. The fourth-order valence-corrected chi connectivity index (χ4v) is 3.71. The first-order valence-corrected chi connectivity index (χ1v) is 11.3. The summed E-state index contributed by atoms with van der Waals surface area (Å²) in [6.07, 6.45) is 1.19. The second-order valence-corrected chi connectivity index (χ2v) is 9.60. The number of hydrogen-bond acceptors (Lipinski definition) is 5. The Bertz CT molecular complexity index is 818. The lowest BCUT2D eigenvalue weighted by atomic mass is 10.1. The predicted octanol–water partition coefficient (Wildman–Crippen LogP) is 0.00282. The van der Waals surface area contributed by atoms with Crippen molar-refractivity contribution in [3.8, 4) is 0 Å². The van der Waals surface area contributed by atoms with Gasteiger partial charge in [0.25, 0.3) is 0 Å². The molecule has 0 bridgehead atoms. The van der Waals surface area contributed by atoms with Gasteiger partial charge in [0.15, 0.2) is 15.8 Å². The molecule has 0 radical (unpaired) electrons. The van der Waals surface area contributed by atoms with Crippen molar-refractivity contribution in [2.45, 2.75) is 25.3 Å². The number of rotatable bonds is 8. The monoisotopic (exact) mass is 390 g/mol. The van der Waals surface area contributed by atoms with Crippen LogP contribution in [0.2, 0.25) is 0 Å². The quantitative estimate of drug-likeness (QED) is 0.327. The molecule has 1 aromatic carbocycles. The minimum atomic E-state index is -3.23. The van der Waals surface area contributed by atoms with Gasteiger partial charge in [0.1, 0.15) is 0 Å². The molecule has 3 N–H and O–H groups in total. The van der Waals surface area contributed by atoms with Crippen LogP contribution in [-0.4, -0.2) is 54.9 Å². The highest BCUT2D eigenvalue weighted by Gasteiger charge is 2.11. The number of sulfonamides is 1. The first-order valence-electron chi connectivity index (χ1n) is 7.80. The van der Waals surface area contributed by atoms with E-state index in [-0.39, 0.29) is 12.3 Å². The number of aryl methyl sites for hydroxylation is 1. The van der Waals surface area contributed by atoms with Gasteiger partial charge < -0.3 is 10.6 Å². The van der Waals surface area contributed by atoms with Crippen LogP contribution in [0.3, 0.4) is 0 Å². The highest BCUT2D eigenvalue weighted by atomic mass is 32.2. The molecule has 0 aliphatic rings. The summed E-state index contributed by atoms with van der Waals surface area (Å²) in [7, 11) is -4.81. The van der Waals surface area contributed by atoms with E-state index >= 15 is 0 Å². The Balaban J connectivity index is 2.54. The summed E-state index contributed by atoms with van der Waals surface area (Å²) in [6, 6.07) is 5.16. The van der Waals surface area contributed by atoms with Crippen LogP contribution in [0, 0.1) is 6.92 Å². The Morgan fingerprint density at radius 1 is 1.12 bits per heavy atom. The van der Waals surface area contributed by atoms with Crippen LogP contribution in [0.5, 0.6) is 0 Å². The first-order chi connectivity index (χ1) is 11.6. The molecule has 0 fully saturated rings. The topological polar surface area (TPSA) is 117 Å². The molecule has 0 spiro atoms. The Morgan fingerprint density at radius 3 is 2.32 bits per heavy atom. The van der Waals surface area contributed by atoms with Crippen LogP contribution in [-0.2, 0) is 26.4 Å². The van der Waals surface area contributed by atoms with Crippen LogP contribution in [0.15, 0.2) is 28.1 Å². The van der Waals surface area contributed by atoms with Gasteiger partial charge in [0.2, 0.25) is 10.0 Å². The third-order valence-electron chi connectivity index (χ3n) is 3.44. The number of benzene rings is 1. The number of nitrogens with zero attached hydrogens (tertiary/aromatic N) is 1. The summed E-state index contributed by atoms with van der Waals surface area (Å²) in [5.74, 6) is 0.573. The van der Waals surface area contributed by atoms with Crippen LogP contribution < -0.4 is 15.4 Å². The average molecular weight is 391 g/mol. The fourth-order valence-electron chi connectivity index (χ4n) is 2.13. The van der Waals surface area contributed by atoms with Crippen molar-refractivity contribution >= 4 is 25.8 Å². The van der Waals surface area contributed by atoms with Crippen molar-refractivity contribution in [2.24, 2.45) is 4.99 Å². The van der Waals surface area contributed by atoms with Gasteiger partial charge in [0, 0.05) is 32.9 Å². The lowest BCUT2D eigenvalue weighted by Gasteiger charge is -2.13. The molecular formula is C15H26N4O4S2. The van der Waals surface area contributed by atoms with Crippen LogP contribution in [0.4, 0.5) is 0 Å². The van der Waals surface area contributed by atoms with E-state index in [4.69, 9.17) is 0 Å². The summed E-state index contributed by atoms with van der Waals surface area (Å²) in [5, 5.41) is 6.10. The minimum absolute atomic E-state index is 0.0444. The van der Waals surface area contributed by atoms with E-state index in [1.807, 2.05) is 6.07 Å². The van der Waals surface area contributed by atoms with Gasteiger partial charge in [-0.05, 0) is 31.0 Å². The van der Waals surface area contributed by atoms with Gasteiger partial charge in [-0.2, -0.15) is 0 Å². The van der Waals surface area contributed by atoms with E-state index < -0.39 is 19.9 Å². The lowest BCUT2D eigenvalue weighted by Crippen LogP contribution is -2.41. The normalized spacial score (nSPS) is 12.9. The van der Waals surface area contributed by atoms with Gasteiger partial charge in [-0.25, -0.2) is 21.6 Å². The number of hydrogen-bond donors (Lipinski definition) is 3. The second-order valence-electron chi connectivity index (χ2n) is 5.52. The minimum Gasteiger partial charge on any atom is -0.355 e. The molecule has 0 atom stereocenters. The summed E-state index contributed by atoms with van der Waals surface area (Å²) >= 11 is 0. The molecule has 1 rings (SSSR count). The van der Waals surface area contributed by atoms with E-state index in [1.54, 1.807) is 33.0 Å². The smallest absolute Gasteiger partial charge is 0.211 e. The molecule has 0 saturated heterocycles. The standard InChI is InChI=1S/C15H26N4O4S2/c1-5-25(22,23)19-9-8-17-15(16-3)18-11-13-6-7-14(12(2)10-13)24(4,20)21/h6-7,10,19H,5,8-9,11H2,1-4H3,(H2,16,17,18). The zero-order valence-corrected chi connectivity index (χ0v) is 16.6. The van der Waals surface area contributed by atoms with Gasteiger partial charge in [-0.1, -0.05) is 12.1 Å². The predicted molar refractivity (Wildman–Crippen MR) is 100.0 cm³/mol. The zero-order chi connectivity index (χ0) is 19.1. The van der Waals surface area contributed by atoms with Gasteiger partial charge >= 0.3 is 0 Å². The van der Waals surface area contributed by atoms with Crippen LogP contribution in [0.25, 0.3) is 0 Å². The molecule has 0 unspecified atom stereocenters. The Kier molecular flexibility index (Phi) is 7.84. The maximum absolute atomic E-state index is 11.6. The molecule has 25 heavy (non-hydrogen) atoms. The van der Waals surface area contributed by atoms with Gasteiger partial charge in [-0.15, -0.1) is 0 Å². The van der Waals surface area contributed by atoms with E-state index in [2.05, 4.69) is 20.3 Å². The first kappa shape index (κ1) is 21.4. The number of sulfone groups is 1. The molecule has 10 heteroatoms. The average Bonchev–Trinajstić information content (AvgIpc) is 2.53. The maximum Gasteiger partial charge on any atom is 0.211 e. The van der Waals surface area contributed by atoms with E-state index in [0.29, 0.717) is 29.5 Å². The lowest BCUT2D eigenvalue weighted by molar-refractivity contribution is 0.581.